The van der Waals surface area contributed by atoms with Gasteiger partial charge in [0, 0.05) is 28.8 Å². The maximum absolute atomic E-state index is 12.8. The van der Waals surface area contributed by atoms with Crippen molar-refractivity contribution in [3.63, 3.8) is 0 Å². The minimum Gasteiger partial charge on any atom is -0.486 e. The van der Waals surface area contributed by atoms with E-state index < -0.39 is 0 Å². The molecule has 0 aliphatic carbocycles. The van der Waals surface area contributed by atoms with Crippen LogP contribution in [0.2, 0.25) is 0 Å². The van der Waals surface area contributed by atoms with Crippen LogP contribution < -0.4 is 14.8 Å². The number of halogens is 1. The quantitative estimate of drug-likeness (QED) is 0.847. The maximum Gasteiger partial charge on any atom is 0.225 e. The molecular formula is C17H16FNO3S. The number of anilines is 1. The highest BCUT2D eigenvalue weighted by Crippen LogP contribution is 2.32. The van der Waals surface area contributed by atoms with E-state index in [0.29, 0.717) is 42.6 Å². The molecule has 2 aromatic carbocycles. The molecule has 0 fully saturated rings. The number of hydrogen-bond donors (Lipinski definition) is 1. The molecule has 0 saturated carbocycles. The van der Waals surface area contributed by atoms with Crippen molar-refractivity contribution in [2.45, 2.75) is 11.3 Å². The molecule has 3 rings (SSSR count). The number of thioether (sulfide) groups is 1. The highest BCUT2D eigenvalue weighted by Gasteiger charge is 2.12. The third kappa shape index (κ3) is 4.39. The summed E-state index contributed by atoms with van der Waals surface area (Å²) in [6.45, 7) is 1.05. The molecule has 23 heavy (non-hydrogen) atoms. The van der Waals surface area contributed by atoms with Gasteiger partial charge in [0.1, 0.15) is 19.0 Å². The lowest BCUT2D eigenvalue weighted by molar-refractivity contribution is -0.115. The molecular weight excluding hydrogens is 317 g/mol. The summed E-state index contributed by atoms with van der Waals surface area (Å²) in [5.74, 6) is 1.64. The largest absolute Gasteiger partial charge is 0.486 e. The molecule has 0 saturated heterocycles. The van der Waals surface area contributed by atoms with Gasteiger partial charge < -0.3 is 14.8 Å². The molecule has 0 radical (unpaired) electrons. The van der Waals surface area contributed by atoms with E-state index in [1.54, 1.807) is 30.3 Å². The second-order valence-electron chi connectivity index (χ2n) is 4.96. The molecule has 1 aliphatic rings. The monoisotopic (exact) mass is 333 g/mol. The number of nitrogens with one attached hydrogen (secondary N) is 1. The van der Waals surface area contributed by atoms with Gasteiger partial charge in [0.15, 0.2) is 11.5 Å². The average molecular weight is 333 g/mol. The van der Waals surface area contributed by atoms with Crippen molar-refractivity contribution in [3.05, 3.63) is 48.3 Å². The van der Waals surface area contributed by atoms with Gasteiger partial charge in [0.25, 0.3) is 0 Å². The lowest BCUT2D eigenvalue weighted by atomic mass is 10.2. The lowest BCUT2D eigenvalue weighted by Crippen LogP contribution is -2.16. The number of carbonyl (C=O) groups is 1. The Morgan fingerprint density at radius 3 is 2.61 bits per heavy atom. The van der Waals surface area contributed by atoms with Crippen LogP contribution in [-0.2, 0) is 4.79 Å². The van der Waals surface area contributed by atoms with E-state index in [1.807, 2.05) is 0 Å². The summed E-state index contributed by atoms with van der Waals surface area (Å²) in [5.41, 5.74) is 0.686. The predicted molar refractivity (Wildman–Crippen MR) is 87.8 cm³/mol. The molecule has 120 valence electrons. The summed E-state index contributed by atoms with van der Waals surface area (Å²) in [4.78, 5) is 12.9. The van der Waals surface area contributed by atoms with E-state index in [4.69, 9.17) is 9.47 Å². The first-order valence-electron chi connectivity index (χ1n) is 7.28. The Morgan fingerprint density at radius 1 is 1.09 bits per heavy atom. The molecule has 0 atom stereocenters. The van der Waals surface area contributed by atoms with Crippen LogP contribution in [0, 0.1) is 5.82 Å². The summed E-state index contributed by atoms with van der Waals surface area (Å²) >= 11 is 1.52. The van der Waals surface area contributed by atoms with E-state index in [9.17, 15) is 9.18 Å². The molecule has 0 bridgehead atoms. The van der Waals surface area contributed by atoms with Crippen LogP contribution in [0.25, 0.3) is 0 Å². The highest BCUT2D eigenvalue weighted by atomic mass is 32.2. The van der Waals surface area contributed by atoms with Gasteiger partial charge in [-0.05, 0) is 36.4 Å². The van der Waals surface area contributed by atoms with Crippen molar-refractivity contribution in [2.24, 2.45) is 0 Å². The Bertz CT molecular complexity index is 691. The zero-order valence-electron chi connectivity index (χ0n) is 12.4. The Labute approximate surface area is 138 Å². The smallest absolute Gasteiger partial charge is 0.225 e. The van der Waals surface area contributed by atoms with Gasteiger partial charge in [-0.1, -0.05) is 0 Å². The fraction of sp³-hybridized carbons (Fsp3) is 0.235. The van der Waals surface area contributed by atoms with E-state index >= 15 is 0 Å². The zero-order valence-corrected chi connectivity index (χ0v) is 13.2. The SMILES string of the molecule is O=C(CCSc1ccc(F)cc1)Nc1ccc2c(c1)OCCO2. The van der Waals surface area contributed by atoms with Crippen LogP contribution in [0.15, 0.2) is 47.4 Å². The van der Waals surface area contributed by atoms with E-state index in [2.05, 4.69) is 5.32 Å². The standard InChI is InChI=1S/C17H16FNO3S/c18-12-1-4-14(5-2-12)23-10-7-17(20)19-13-3-6-15-16(11-13)22-9-8-21-15/h1-6,11H,7-10H2,(H,19,20). The van der Waals surface area contributed by atoms with Crippen molar-refractivity contribution in [3.8, 4) is 11.5 Å². The molecule has 0 spiro atoms. The van der Waals surface area contributed by atoms with Crippen molar-refractivity contribution < 1.29 is 18.7 Å². The van der Waals surface area contributed by atoms with Crippen molar-refractivity contribution in [1.29, 1.82) is 0 Å². The normalized spacial score (nSPS) is 12.7. The number of rotatable bonds is 5. The molecule has 6 heteroatoms. The van der Waals surface area contributed by atoms with E-state index in [-0.39, 0.29) is 11.7 Å². The van der Waals surface area contributed by atoms with Crippen molar-refractivity contribution in [1.82, 2.24) is 0 Å². The summed E-state index contributed by atoms with van der Waals surface area (Å²) in [5, 5.41) is 2.84. The summed E-state index contributed by atoms with van der Waals surface area (Å²) < 4.78 is 23.7. The van der Waals surface area contributed by atoms with Crippen molar-refractivity contribution >= 4 is 23.4 Å². The predicted octanol–water partition coefficient (Wildman–Crippen LogP) is 3.72. The van der Waals surface area contributed by atoms with Crippen LogP contribution in [0.3, 0.4) is 0 Å². The first-order chi connectivity index (χ1) is 11.2. The second kappa shape index (κ2) is 7.37. The first kappa shape index (κ1) is 15.7. The van der Waals surface area contributed by atoms with Crippen LogP contribution in [0.4, 0.5) is 10.1 Å². The second-order valence-corrected chi connectivity index (χ2v) is 6.13. The maximum atomic E-state index is 12.8. The Kier molecular flexibility index (Phi) is 5.02. The third-order valence-electron chi connectivity index (χ3n) is 3.24. The minimum absolute atomic E-state index is 0.0729. The summed E-state index contributed by atoms with van der Waals surface area (Å²) in [7, 11) is 0. The van der Waals surface area contributed by atoms with Crippen LogP contribution in [0.5, 0.6) is 11.5 Å². The summed E-state index contributed by atoms with van der Waals surface area (Å²) in [6, 6.07) is 11.6. The molecule has 0 unspecified atom stereocenters. The molecule has 1 heterocycles. The van der Waals surface area contributed by atoms with Gasteiger partial charge in [-0.15, -0.1) is 11.8 Å². The molecule has 0 aromatic heterocycles. The number of carbonyl (C=O) groups excluding carboxylic acids is 1. The lowest BCUT2D eigenvalue weighted by Gasteiger charge is -2.19. The molecule has 4 nitrogen and oxygen atoms in total. The van der Waals surface area contributed by atoms with E-state index in [1.165, 1.54) is 23.9 Å². The number of fused-ring (bicyclic) bond motifs is 1. The average Bonchev–Trinajstić information content (AvgIpc) is 2.56. The van der Waals surface area contributed by atoms with Gasteiger partial charge in [-0.2, -0.15) is 0 Å². The van der Waals surface area contributed by atoms with E-state index in [0.717, 1.165) is 4.90 Å². The topological polar surface area (TPSA) is 47.6 Å². The molecule has 1 amide bonds. The number of hydrogen-bond acceptors (Lipinski definition) is 4. The summed E-state index contributed by atoms with van der Waals surface area (Å²) in [6.07, 6.45) is 0.372. The van der Waals surface area contributed by atoms with Crippen LogP contribution in [-0.4, -0.2) is 24.9 Å². The van der Waals surface area contributed by atoms with Gasteiger partial charge in [0.05, 0.1) is 0 Å². The van der Waals surface area contributed by atoms with Crippen LogP contribution in [0.1, 0.15) is 6.42 Å². The Morgan fingerprint density at radius 2 is 1.83 bits per heavy atom. The molecule has 1 aliphatic heterocycles. The molecule has 1 N–H and O–H groups in total. The zero-order chi connectivity index (χ0) is 16.1. The number of ether oxygens (including phenoxy) is 2. The number of benzene rings is 2. The first-order valence-corrected chi connectivity index (χ1v) is 8.27. The van der Waals surface area contributed by atoms with Gasteiger partial charge >= 0.3 is 0 Å². The fourth-order valence-corrected chi connectivity index (χ4v) is 2.99. The molecule has 2 aromatic rings. The minimum atomic E-state index is -0.259. The number of amides is 1. The highest BCUT2D eigenvalue weighted by molar-refractivity contribution is 7.99. The van der Waals surface area contributed by atoms with Gasteiger partial charge in [0.2, 0.25) is 5.91 Å². The Balaban J connectivity index is 1.48. The van der Waals surface area contributed by atoms with Gasteiger partial charge in [-0.25, -0.2) is 4.39 Å². The fourth-order valence-electron chi connectivity index (χ4n) is 2.14. The third-order valence-corrected chi connectivity index (χ3v) is 4.25. The van der Waals surface area contributed by atoms with Crippen molar-refractivity contribution in [2.75, 3.05) is 24.3 Å². The Hall–Kier alpha value is -2.21. The van der Waals surface area contributed by atoms with Gasteiger partial charge in [-0.3, -0.25) is 4.79 Å². The van der Waals surface area contributed by atoms with Crippen LogP contribution >= 0.6 is 11.8 Å².